The smallest absolute Gasteiger partial charge is 0.0704 e. The van der Waals surface area contributed by atoms with Gasteiger partial charge in [0.2, 0.25) is 0 Å². The van der Waals surface area contributed by atoms with E-state index in [1.165, 1.54) is 38.5 Å². The normalized spacial score (nSPS) is 39.4. The van der Waals surface area contributed by atoms with Crippen molar-refractivity contribution in [3.05, 3.63) is 0 Å². The molecule has 0 bridgehead atoms. The molecule has 0 spiro atoms. The molecule has 2 rings (SSSR count). The van der Waals surface area contributed by atoms with Crippen molar-refractivity contribution in [2.45, 2.75) is 63.6 Å². The Labute approximate surface area is 87.2 Å². The first kappa shape index (κ1) is 10.4. The van der Waals surface area contributed by atoms with Crippen LogP contribution >= 0.6 is 0 Å². The van der Waals surface area contributed by atoms with Crippen LogP contribution in [0.5, 0.6) is 0 Å². The molecule has 0 aromatic heterocycles. The molecular formula is C12H23NO. The topological polar surface area (TPSA) is 35.2 Å². The Morgan fingerprint density at radius 2 is 2.07 bits per heavy atom. The first-order valence-corrected chi connectivity index (χ1v) is 6.10. The van der Waals surface area contributed by atoms with Gasteiger partial charge in [0.05, 0.1) is 11.7 Å². The fourth-order valence-corrected chi connectivity index (χ4v) is 2.85. The van der Waals surface area contributed by atoms with Crippen LogP contribution < -0.4 is 5.73 Å². The van der Waals surface area contributed by atoms with Crippen molar-refractivity contribution < 1.29 is 4.74 Å². The fraction of sp³-hybridized carbons (Fsp3) is 1.00. The van der Waals surface area contributed by atoms with Gasteiger partial charge in [-0.25, -0.2) is 0 Å². The lowest BCUT2D eigenvalue weighted by Crippen LogP contribution is -2.43. The second kappa shape index (κ2) is 4.19. The maximum Gasteiger partial charge on any atom is 0.0704 e. The first-order chi connectivity index (χ1) is 6.72. The summed E-state index contributed by atoms with van der Waals surface area (Å²) in [7, 11) is 0. The van der Waals surface area contributed by atoms with Gasteiger partial charge in [0, 0.05) is 6.54 Å². The van der Waals surface area contributed by atoms with Gasteiger partial charge in [0.1, 0.15) is 0 Å². The van der Waals surface area contributed by atoms with Crippen molar-refractivity contribution in [1.82, 2.24) is 0 Å². The van der Waals surface area contributed by atoms with E-state index in [9.17, 15) is 0 Å². The van der Waals surface area contributed by atoms with Crippen LogP contribution in [0.3, 0.4) is 0 Å². The van der Waals surface area contributed by atoms with Gasteiger partial charge in [-0.3, -0.25) is 0 Å². The van der Waals surface area contributed by atoms with Crippen LogP contribution in [0.4, 0.5) is 0 Å². The second-order valence-electron chi connectivity index (χ2n) is 5.32. The lowest BCUT2D eigenvalue weighted by Gasteiger charge is -2.42. The molecule has 1 aliphatic carbocycles. The maximum atomic E-state index is 6.10. The van der Waals surface area contributed by atoms with Crippen LogP contribution in [0.1, 0.15) is 51.9 Å². The summed E-state index contributed by atoms with van der Waals surface area (Å²) >= 11 is 0. The highest BCUT2D eigenvalue weighted by Crippen LogP contribution is 2.39. The Morgan fingerprint density at radius 3 is 2.64 bits per heavy atom. The molecule has 1 aliphatic heterocycles. The highest BCUT2D eigenvalue weighted by atomic mass is 16.5. The minimum Gasteiger partial charge on any atom is -0.371 e. The van der Waals surface area contributed by atoms with E-state index in [1.54, 1.807) is 0 Å². The molecule has 2 heteroatoms. The number of rotatable bonds is 3. The number of nitrogens with two attached hydrogens (primary N) is 1. The standard InChI is InChI=1S/C12H23NO/c1-12(8-10-4-2-5-10)7-3-6-11(9-13)14-12/h10-11H,2-9,13H2,1H3. The zero-order chi connectivity index (χ0) is 10.0. The lowest BCUT2D eigenvalue weighted by atomic mass is 9.75. The number of hydrogen-bond donors (Lipinski definition) is 1. The van der Waals surface area contributed by atoms with E-state index in [-0.39, 0.29) is 5.60 Å². The van der Waals surface area contributed by atoms with E-state index in [0.717, 1.165) is 12.3 Å². The molecule has 82 valence electrons. The Bertz CT molecular complexity index is 187. The molecule has 2 N–H and O–H groups in total. The molecule has 2 atom stereocenters. The molecule has 0 amide bonds. The third-order valence-corrected chi connectivity index (χ3v) is 3.89. The van der Waals surface area contributed by atoms with E-state index >= 15 is 0 Å². The molecule has 0 aromatic carbocycles. The van der Waals surface area contributed by atoms with Crippen molar-refractivity contribution in [2.24, 2.45) is 11.7 Å². The molecule has 2 fully saturated rings. The highest BCUT2D eigenvalue weighted by Gasteiger charge is 2.35. The van der Waals surface area contributed by atoms with Crippen LogP contribution in [0.15, 0.2) is 0 Å². The van der Waals surface area contributed by atoms with E-state index in [2.05, 4.69) is 6.92 Å². The summed E-state index contributed by atoms with van der Waals surface area (Å²) in [5.74, 6) is 0.941. The SMILES string of the molecule is CC1(CC2CCC2)CCCC(CN)O1. The Morgan fingerprint density at radius 1 is 1.29 bits per heavy atom. The molecule has 0 aromatic rings. The summed E-state index contributed by atoms with van der Waals surface area (Å²) in [6, 6.07) is 0. The van der Waals surface area contributed by atoms with Gasteiger partial charge in [-0.2, -0.15) is 0 Å². The molecule has 0 radical (unpaired) electrons. The van der Waals surface area contributed by atoms with E-state index < -0.39 is 0 Å². The molecule has 2 nitrogen and oxygen atoms in total. The van der Waals surface area contributed by atoms with Gasteiger partial charge >= 0.3 is 0 Å². The van der Waals surface area contributed by atoms with E-state index in [4.69, 9.17) is 10.5 Å². The summed E-state index contributed by atoms with van der Waals surface area (Å²) in [6.07, 6.45) is 9.57. The van der Waals surface area contributed by atoms with Crippen molar-refractivity contribution >= 4 is 0 Å². The monoisotopic (exact) mass is 197 g/mol. The average Bonchev–Trinajstić information content (AvgIpc) is 2.12. The summed E-state index contributed by atoms with van der Waals surface area (Å²) in [5.41, 5.74) is 5.82. The molecule has 2 unspecified atom stereocenters. The zero-order valence-corrected chi connectivity index (χ0v) is 9.30. The van der Waals surface area contributed by atoms with Crippen molar-refractivity contribution in [3.8, 4) is 0 Å². The number of ether oxygens (including phenoxy) is 1. The van der Waals surface area contributed by atoms with Gasteiger partial charge in [-0.05, 0) is 38.5 Å². The summed E-state index contributed by atoms with van der Waals surface area (Å²) in [4.78, 5) is 0. The molecule has 1 heterocycles. The molecule has 14 heavy (non-hydrogen) atoms. The van der Waals surface area contributed by atoms with Crippen LogP contribution in [-0.4, -0.2) is 18.2 Å². The minimum atomic E-state index is 0.146. The molecule has 2 aliphatic rings. The zero-order valence-electron chi connectivity index (χ0n) is 9.30. The second-order valence-corrected chi connectivity index (χ2v) is 5.32. The number of hydrogen-bond acceptors (Lipinski definition) is 2. The van der Waals surface area contributed by atoms with Crippen LogP contribution in [0.2, 0.25) is 0 Å². The molecular weight excluding hydrogens is 174 g/mol. The highest BCUT2D eigenvalue weighted by molar-refractivity contribution is 4.87. The first-order valence-electron chi connectivity index (χ1n) is 6.10. The van der Waals surface area contributed by atoms with Crippen molar-refractivity contribution in [2.75, 3.05) is 6.54 Å². The van der Waals surface area contributed by atoms with E-state index in [1.807, 2.05) is 0 Å². The van der Waals surface area contributed by atoms with Gasteiger partial charge in [-0.1, -0.05) is 19.3 Å². The summed E-state index contributed by atoms with van der Waals surface area (Å²) < 4.78 is 6.10. The van der Waals surface area contributed by atoms with Gasteiger partial charge in [0.15, 0.2) is 0 Å². The third kappa shape index (κ3) is 2.29. The Balaban J connectivity index is 1.85. The lowest BCUT2D eigenvalue weighted by molar-refractivity contribution is -0.128. The van der Waals surface area contributed by atoms with Crippen molar-refractivity contribution in [3.63, 3.8) is 0 Å². The average molecular weight is 197 g/mol. The van der Waals surface area contributed by atoms with Crippen LogP contribution in [0, 0.1) is 5.92 Å². The predicted octanol–water partition coefficient (Wildman–Crippen LogP) is 2.46. The summed E-state index contributed by atoms with van der Waals surface area (Å²) in [6.45, 7) is 2.98. The van der Waals surface area contributed by atoms with Crippen molar-refractivity contribution in [1.29, 1.82) is 0 Å². The molecule has 1 saturated carbocycles. The predicted molar refractivity (Wildman–Crippen MR) is 58.1 cm³/mol. The van der Waals surface area contributed by atoms with Gasteiger partial charge in [-0.15, -0.1) is 0 Å². The third-order valence-electron chi connectivity index (χ3n) is 3.89. The van der Waals surface area contributed by atoms with Gasteiger partial charge in [0.25, 0.3) is 0 Å². The quantitative estimate of drug-likeness (QED) is 0.754. The maximum absolute atomic E-state index is 6.10. The largest absolute Gasteiger partial charge is 0.371 e. The van der Waals surface area contributed by atoms with Crippen LogP contribution in [-0.2, 0) is 4.74 Å². The minimum absolute atomic E-state index is 0.146. The molecule has 1 saturated heterocycles. The Kier molecular flexibility index (Phi) is 3.13. The Hall–Kier alpha value is -0.0800. The fourth-order valence-electron chi connectivity index (χ4n) is 2.85. The summed E-state index contributed by atoms with van der Waals surface area (Å²) in [5, 5.41) is 0. The van der Waals surface area contributed by atoms with E-state index in [0.29, 0.717) is 12.6 Å². The van der Waals surface area contributed by atoms with Gasteiger partial charge < -0.3 is 10.5 Å². The van der Waals surface area contributed by atoms with Crippen LogP contribution in [0.25, 0.3) is 0 Å².